The molecule has 0 aliphatic rings. The molecule has 0 aromatic heterocycles. The van der Waals surface area contributed by atoms with E-state index < -0.39 is 0 Å². The van der Waals surface area contributed by atoms with Crippen LogP contribution in [-0.4, -0.2) is 6.04 Å². The minimum atomic E-state index is -0.0984. The van der Waals surface area contributed by atoms with Crippen LogP contribution in [0.5, 0.6) is 0 Å². The van der Waals surface area contributed by atoms with Gasteiger partial charge >= 0.3 is 0 Å². The molecule has 0 aromatic carbocycles. The molecule has 0 radical (unpaired) electrons. The van der Waals surface area contributed by atoms with Crippen LogP contribution in [0.2, 0.25) is 0 Å². The van der Waals surface area contributed by atoms with Gasteiger partial charge in [0, 0.05) is 0 Å². The SMILES string of the molecule is C=C/C(=C\C=C/C)C(N)C(=C)C. The topological polar surface area (TPSA) is 26.0 Å². The van der Waals surface area contributed by atoms with Crippen LogP contribution in [0.25, 0.3) is 0 Å². The van der Waals surface area contributed by atoms with Crippen molar-refractivity contribution in [1.29, 1.82) is 0 Å². The second-order valence-corrected chi connectivity index (χ2v) is 2.72. The van der Waals surface area contributed by atoms with Gasteiger partial charge in [-0.15, -0.1) is 0 Å². The Morgan fingerprint density at radius 2 is 2.08 bits per heavy atom. The van der Waals surface area contributed by atoms with Crippen LogP contribution in [-0.2, 0) is 0 Å². The second-order valence-electron chi connectivity index (χ2n) is 2.72. The van der Waals surface area contributed by atoms with Gasteiger partial charge in [0.1, 0.15) is 0 Å². The van der Waals surface area contributed by atoms with Crippen molar-refractivity contribution >= 4 is 0 Å². The van der Waals surface area contributed by atoms with E-state index in [1.807, 2.05) is 32.1 Å². The van der Waals surface area contributed by atoms with Gasteiger partial charge in [-0.1, -0.05) is 43.0 Å². The molecule has 0 rings (SSSR count). The summed E-state index contributed by atoms with van der Waals surface area (Å²) < 4.78 is 0. The Morgan fingerprint density at radius 1 is 1.50 bits per heavy atom. The lowest BCUT2D eigenvalue weighted by atomic mass is 10.0. The first-order valence-corrected chi connectivity index (χ1v) is 3.99. The lowest BCUT2D eigenvalue weighted by molar-refractivity contribution is 0.915. The van der Waals surface area contributed by atoms with E-state index in [1.165, 1.54) is 0 Å². The summed E-state index contributed by atoms with van der Waals surface area (Å²) in [5.41, 5.74) is 7.79. The summed E-state index contributed by atoms with van der Waals surface area (Å²) in [6.07, 6.45) is 7.61. The van der Waals surface area contributed by atoms with Crippen molar-refractivity contribution in [2.45, 2.75) is 19.9 Å². The summed E-state index contributed by atoms with van der Waals surface area (Å²) in [5, 5.41) is 0. The van der Waals surface area contributed by atoms with Gasteiger partial charge in [-0.25, -0.2) is 0 Å². The molecule has 1 nitrogen and oxygen atoms in total. The molecule has 0 amide bonds. The van der Waals surface area contributed by atoms with Gasteiger partial charge in [0.05, 0.1) is 6.04 Å². The fraction of sp³-hybridized carbons (Fsp3) is 0.273. The molecule has 66 valence electrons. The molecule has 1 atom stereocenters. The van der Waals surface area contributed by atoms with Crippen LogP contribution >= 0.6 is 0 Å². The number of rotatable bonds is 4. The van der Waals surface area contributed by atoms with Crippen LogP contribution in [0.3, 0.4) is 0 Å². The zero-order valence-corrected chi connectivity index (χ0v) is 7.88. The molecule has 0 saturated carbocycles. The molecule has 0 aromatic rings. The molecule has 0 bridgehead atoms. The summed E-state index contributed by atoms with van der Waals surface area (Å²) in [4.78, 5) is 0. The van der Waals surface area contributed by atoms with E-state index in [0.717, 1.165) is 11.1 Å². The molecule has 0 aliphatic carbocycles. The van der Waals surface area contributed by atoms with Crippen LogP contribution in [0.15, 0.2) is 48.6 Å². The molecule has 0 spiro atoms. The highest BCUT2D eigenvalue weighted by molar-refractivity contribution is 5.33. The number of hydrogen-bond acceptors (Lipinski definition) is 1. The third-order valence-electron chi connectivity index (χ3n) is 1.61. The van der Waals surface area contributed by atoms with Gasteiger partial charge < -0.3 is 5.73 Å². The van der Waals surface area contributed by atoms with Gasteiger partial charge in [-0.2, -0.15) is 0 Å². The van der Waals surface area contributed by atoms with E-state index in [-0.39, 0.29) is 6.04 Å². The summed E-state index contributed by atoms with van der Waals surface area (Å²) in [7, 11) is 0. The van der Waals surface area contributed by atoms with Crippen LogP contribution in [0.1, 0.15) is 13.8 Å². The molecule has 0 aliphatic heterocycles. The van der Waals surface area contributed by atoms with Gasteiger partial charge in [0.25, 0.3) is 0 Å². The van der Waals surface area contributed by atoms with E-state index in [1.54, 1.807) is 6.08 Å². The molecule has 0 fully saturated rings. The van der Waals surface area contributed by atoms with E-state index in [2.05, 4.69) is 13.2 Å². The first-order valence-electron chi connectivity index (χ1n) is 3.99. The number of hydrogen-bond donors (Lipinski definition) is 1. The quantitative estimate of drug-likeness (QED) is 0.500. The van der Waals surface area contributed by atoms with E-state index in [4.69, 9.17) is 5.73 Å². The van der Waals surface area contributed by atoms with Crippen LogP contribution < -0.4 is 5.73 Å². The average Bonchev–Trinajstić information content (AvgIpc) is 2.05. The second kappa shape index (κ2) is 5.56. The first kappa shape index (κ1) is 10.9. The average molecular weight is 163 g/mol. The highest BCUT2D eigenvalue weighted by atomic mass is 14.6. The minimum absolute atomic E-state index is 0.0984. The lowest BCUT2D eigenvalue weighted by Gasteiger charge is -2.11. The van der Waals surface area contributed by atoms with Crippen molar-refractivity contribution in [3.8, 4) is 0 Å². The van der Waals surface area contributed by atoms with Crippen molar-refractivity contribution in [2.24, 2.45) is 5.73 Å². The fourth-order valence-electron chi connectivity index (χ4n) is 0.791. The molecule has 1 heteroatoms. The molecule has 2 N–H and O–H groups in total. The maximum atomic E-state index is 5.84. The van der Waals surface area contributed by atoms with E-state index >= 15 is 0 Å². The molecular weight excluding hydrogens is 146 g/mol. The monoisotopic (exact) mass is 163 g/mol. The molecular formula is C11H17N. The maximum Gasteiger partial charge on any atom is 0.0505 e. The Balaban J connectivity index is 4.54. The smallest absolute Gasteiger partial charge is 0.0505 e. The number of nitrogens with two attached hydrogens (primary N) is 1. The van der Waals surface area contributed by atoms with Crippen LogP contribution in [0, 0.1) is 0 Å². The third-order valence-corrected chi connectivity index (χ3v) is 1.61. The van der Waals surface area contributed by atoms with Gasteiger partial charge in [0.15, 0.2) is 0 Å². The molecule has 0 heterocycles. The largest absolute Gasteiger partial charge is 0.321 e. The van der Waals surface area contributed by atoms with Crippen molar-refractivity contribution in [3.05, 3.63) is 48.6 Å². The normalized spacial score (nSPS) is 14.8. The minimum Gasteiger partial charge on any atom is -0.321 e. The Kier molecular flexibility index (Phi) is 5.06. The van der Waals surface area contributed by atoms with Gasteiger partial charge in [-0.3, -0.25) is 0 Å². The van der Waals surface area contributed by atoms with Gasteiger partial charge in [0.2, 0.25) is 0 Å². The Bertz CT molecular complexity index is 221. The molecule has 0 saturated heterocycles. The van der Waals surface area contributed by atoms with Gasteiger partial charge in [-0.05, 0) is 19.4 Å². The number of allylic oxidation sites excluding steroid dienone is 3. The van der Waals surface area contributed by atoms with Crippen LogP contribution in [0.4, 0.5) is 0 Å². The Hall–Kier alpha value is -1.08. The highest BCUT2D eigenvalue weighted by Crippen LogP contribution is 2.08. The fourth-order valence-corrected chi connectivity index (χ4v) is 0.791. The zero-order valence-electron chi connectivity index (χ0n) is 7.88. The summed E-state index contributed by atoms with van der Waals surface area (Å²) in [6, 6.07) is -0.0984. The predicted molar refractivity (Wildman–Crippen MR) is 55.9 cm³/mol. The summed E-state index contributed by atoms with van der Waals surface area (Å²) >= 11 is 0. The molecule has 12 heavy (non-hydrogen) atoms. The Labute approximate surface area is 75.0 Å². The predicted octanol–water partition coefficient (Wildman–Crippen LogP) is 2.58. The van der Waals surface area contributed by atoms with Crippen molar-refractivity contribution in [3.63, 3.8) is 0 Å². The highest BCUT2D eigenvalue weighted by Gasteiger charge is 2.04. The zero-order chi connectivity index (χ0) is 9.56. The molecule has 1 unspecified atom stereocenters. The first-order chi connectivity index (χ1) is 5.63. The van der Waals surface area contributed by atoms with Crippen molar-refractivity contribution < 1.29 is 0 Å². The van der Waals surface area contributed by atoms with E-state index in [9.17, 15) is 0 Å². The Morgan fingerprint density at radius 3 is 2.42 bits per heavy atom. The van der Waals surface area contributed by atoms with E-state index in [0.29, 0.717) is 0 Å². The third kappa shape index (κ3) is 3.35. The van der Waals surface area contributed by atoms with Crippen molar-refractivity contribution in [2.75, 3.05) is 0 Å². The lowest BCUT2D eigenvalue weighted by Crippen LogP contribution is -2.22. The summed E-state index contributed by atoms with van der Waals surface area (Å²) in [6.45, 7) is 11.4. The standard InChI is InChI=1S/C11H17N/c1-5-7-8-10(6-2)11(12)9(3)4/h5-8,11H,2-3,12H2,1,4H3/b7-5-,10-8+. The van der Waals surface area contributed by atoms with Crippen molar-refractivity contribution in [1.82, 2.24) is 0 Å². The maximum absolute atomic E-state index is 5.84. The summed E-state index contributed by atoms with van der Waals surface area (Å²) in [5.74, 6) is 0.